The van der Waals surface area contributed by atoms with Crippen molar-refractivity contribution in [3.05, 3.63) is 82.5 Å². The van der Waals surface area contributed by atoms with Gasteiger partial charge in [0.25, 0.3) is 0 Å². The molecular formula is C27H30N6O6. The average Bonchev–Trinajstić information content (AvgIpc) is 2.94. The second kappa shape index (κ2) is 12.7. The van der Waals surface area contributed by atoms with Crippen LogP contribution in [0.1, 0.15) is 24.0 Å². The van der Waals surface area contributed by atoms with Gasteiger partial charge in [-0.1, -0.05) is 36.4 Å². The van der Waals surface area contributed by atoms with Crippen LogP contribution in [-0.2, 0) is 27.5 Å². The van der Waals surface area contributed by atoms with Crippen LogP contribution in [0.4, 0.5) is 16.4 Å². The van der Waals surface area contributed by atoms with Crippen LogP contribution < -0.4 is 21.2 Å². The van der Waals surface area contributed by atoms with Crippen LogP contribution in [0.2, 0.25) is 0 Å². The van der Waals surface area contributed by atoms with E-state index in [1.807, 2.05) is 11.0 Å². The molecule has 2 amide bonds. The third-order valence-electron chi connectivity index (χ3n) is 6.41. The predicted octanol–water partition coefficient (Wildman–Crippen LogP) is 2.18. The molecule has 3 heterocycles. The third kappa shape index (κ3) is 7.40. The standard InChI is InChI=1S/C27H30N6O6/c1-18-15-33(16-21(25(35)36)29-27(38)39-17-19-7-3-2-4-8-19)26(37)31-23(18)32-13-10-20(11-14-32)24(34)30-22-9-5-6-12-28-22/h2-9,12,15,20-21H,10-11,13-14,16-17H2,1H3,(H,29,38)(H,35,36)(H,28,30,34)/t21-/m0/s1. The van der Waals surface area contributed by atoms with E-state index in [1.165, 1.54) is 6.20 Å². The Morgan fingerprint density at radius 2 is 1.82 bits per heavy atom. The average molecular weight is 535 g/mol. The molecule has 0 aliphatic carbocycles. The van der Waals surface area contributed by atoms with Gasteiger partial charge in [0.2, 0.25) is 5.91 Å². The molecule has 12 nitrogen and oxygen atoms in total. The summed E-state index contributed by atoms with van der Waals surface area (Å²) in [6.07, 6.45) is 3.40. The smallest absolute Gasteiger partial charge is 0.408 e. The number of hydrogen-bond donors (Lipinski definition) is 3. The number of carbonyl (C=O) groups excluding carboxylic acids is 2. The second-order valence-corrected chi connectivity index (χ2v) is 9.24. The first-order valence-corrected chi connectivity index (χ1v) is 12.5. The van der Waals surface area contributed by atoms with E-state index in [2.05, 4.69) is 20.6 Å². The number of aryl methyl sites for hydroxylation is 1. The van der Waals surface area contributed by atoms with Crippen molar-refractivity contribution in [1.82, 2.24) is 19.9 Å². The molecule has 39 heavy (non-hydrogen) atoms. The summed E-state index contributed by atoms with van der Waals surface area (Å²) in [6, 6.07) is 12.9. The van der Waals surface area contributed by atoms with Gasteiger partial charge in [-0.25, -0.2) is 19.4 Å². The molecule has 1 aromatic carbocycles. The van der Waals surface area contributed by atoms with Crippen molar-refractivity contribution in [3.63, 3.8) is 0 Å². The number of alkyl carbamates (subject to hydrolysis) is 1. The number of carboxylic acid groups (broad SMARTS) is 1. The van der Waals surface area contributed by atoms with Gasteiger partial charge in [-0.3, -0.25) is 9.36 Å². The fourth-order valence-electron chi connectivity index (χ4n) is 4.35. The van der Waals surface area contributed by atoms with Crippen LogP contribution in [-0.4, -0.2) is 56.7 Å². The Labute approximate surface area is 224 Å². The number of ether oxygens (including phenoxy) is 1. The Hall–Kier alpha value is -4.74. The molecule has 0 bridgehead atoms. The highest BCUT2D eigenvalue weighted by Gasteiger charge is 2.28. The monoisotopic (exact) mass is 534 g/mol. The molecule has 0 radical (unpaired) electrons. The van der Waals surface area contributed by atoms with E-state index >= 15 is 0 Å². The maximum absolute atomic E-state index is 12.8. The van der Waals surface area contributed by atoms with Gasteiger partial charge in [-0.05, 0) is 37.5 Å². The van der Waals surface area contributed by atoms with Crippen LogP contribution in [0.25, 0.3) is 0 Å². The summed E-state index contributed by atoms with van der Waals surface area (Å²) in [6.45, 7) is 2.50. The van der Waals surface area contributed by atoms with E-state index in [0.29, 0.717) is 43.1 Å². The lowest BCUT2D eigenvalue weighted by Gasteiger charge is -2.33. The number of amides is 2. The number of carbonyl (C=O) groups is 3. The Balaban J connectivity index is 1.34. The number of anilines is 2. The van der Waals surface area contributed by atoms with Crippen LogP contribution in [0.3, 0.4) is 0 Å². The van der Waals surface area contributed by atoms with Crippen LogP contribution in [0.5, 0.6) is 0 Å². The van der Waals surface area contributed by atoms with Crippen molar-refractivity contribution >= 4 is 29.6 Å². The minimum absolute atomic E-state index is 0.0180. The molecule has 12 heteroatoms. The molecule has 2 aromatic heterocycles. The Kier molecular flexibility index (Phi) is 8.87. The van der Waals surface area contributed by atoms with Gasteiger partial charge >= 0.3 is 17.8 Å². The molecule has 1 fully saturated rings. The molecule has 1 atom stereocenters. The summed E-state index contributed by atoms with van der Waals surface area (Å²) in [5.41, 5.74) is 0.780. The van der Waals surface area contributed by atoms with E-state index in [-0.39, 0.29) is 25.0 Å². The van der Waals surface area contributed by atoms with Gasteiger partial charge < -0.3 is 25.4 Å². The number of pyridine rings is 1. The van der Waals surface area contributed by atoms with Crippen LogP contribution >= 0.6 is 0 Å². The highest BCUT2D eigenvalue weighted by Crippen LogP contribution is 2.24. The lowest BCUT2D eigenvalue weighted by atomic mass is 9.95. The minimum atomic E-state index is -1.40. The predicted molar refractivity (Wildman–Crippen MR) is 142 cm³/mol. The van der Waals surface area contributed by atoms with E-state index in [4.69, 9.17) is 4.74 Å². The lowest BCUT2D eigenvalue weighted by Crippen LogP contribution is -2.46. The van der Waals surface area contributed by atoms with Crippen molar-refractivity contribution < 1.29 is 24.2 Å². The molecule has 1 saturated heterocycles. The summed E-state index contributed by atoms with van der Waals surface area (Å²) in [4.78, 5) is 59.6. The van der Waals surface area contributed by atoms with Crippen LogP contribution in [0.15, 0.2) is 65.7 Å². The number of aliphatic carboxylic acids is 1. The zero-order chi connectivity index (χ0) is 27.8. The largest absolute Gasteiger partial charge is 0.480 e. The molecule has 1 aliphatic heterocycles. The highest BCUT2D eigenvalue weighted by molar-refractivity contribution is 5.91. The molecule has 0 unspecified atom stereocenters. The number of carboxylic acids is 1. The number of hydrogen-bond acceptors (Lipinski definition) is 8. The van der Waals surface area contributed by atoms with Gasteiger partial charge in [0, 0.05) is 37.0 Å². The zero-order valence-electron chi connectivity index (χ0n) is 21.4. The molecule has 0 spiro atoms. The lowest BCUT2D eigenvalue weighted by molar-refractivity contribution is -0.139. The normalized spacial score (nSPS) is 14.3. The van der Waals surface area contributed by atoms with Gasteiger partial charge in [0.1, 0.15) is 24.3 Å². The highest BCUT2D eigenvalue weighted by atomic mass is 16.5. The summed E-state index contributed by atoms with van der Waals surface area (Å²) in [7, 11) is 0. The first-order chi connectivity index (χ1) is 18.8. The number of benzene rings is 1. The molecule has 3 N–H and O–H groups in total. The Morgan fingerprint density at radius 3 is 2.49 bits per heavy atom. The molecule has 4 rings (SSSR count). The first kappa shape index (κ1) is 27.3. The summed E-state index contributed by atoms with van der Waals surface area (Å²) < 4.78 is 6.26. The van der Waals surface area contributed by atoms with E-state index < -0.39 is 23.8 Å². The number of rotatable bonds is 9. The summed E-state index contributed by atoms with van der Waals surface area (Å²) in [5.74, 6) is -0.603. The summed E-state index contributed by atoms with van der Waals surface area (Å²) in [5, 5.41) is 14.7. The molecule has 204 valence electrons. The second-order valence-electron chi connectivity index (χ2n) is 9.24. The van der Waals surface area contributed by atoms with E-state index in [0.717, 1.165) is 10.1 Å². The molecule has 3 aromatic rings. The van der Waals surface area contributed by atoms with Gasteiger partial charge in [-0.2, -0.15) is 4.98 Å². The van der Waals surface area contributed by atoms with Crippen molar-refractivity contribution in [2.45, 2.75) is 39.0 Å². The Bertz CT molecular complexity index is 1360. The SMILES string of the molecule is Cc1cn(C[C@H](NC(=O)OCc2ccccc2)C(=O)O)c(=O)nc1N1CCC(C(=O)Nc2ccccn2)CC1. The van der Waals surface area contributed by atoms with Gasteiger partial charge in [-0.15, -0.1) is 0 Å². The fourth-order valence-corrected chi connectivity index (χ4v) is 4.35. The fraction of sp³-hybridized carbons (Fsp3) is 0.333. The number of nitrogens with zero attached hydrogens (tertiary/aromatic N) is 4. The maximum Gasteiger partial charge on any atom is 0.408 e. The summed E-state index contributed by atoms with van der Waals surface area (Å²) >= 11 is 0. The third-order valence-corrected chi connectivity index (χ3v) is 6.41. The number of aromatic nitrogens is 3. The van der Waals surface area contributed by atoms with Crippen molar-refractivity contribution in [3.8, 4) is 0 Å². The minimum Gasteiger partial charge on any atom is -0.480 e. The van der Waals surface area contributed by atoms with Crippen molar-refractivity contribution in [2.24, 2.45) is 5.92 Å². The van der Waals surface area contributed by atoms with E-state index in [1.54, 1.807) is 55.6 Å². The number of nitrogens with one attached hydrogen (secondary N) is 2. The van der Waals surface area contributed by atoms with Gasteiger partial charge in [0.15, 0.2) is 0 Å². The molecular weight excluding hydrogens is 504 g/mol. The number of piperidine rings is 1. The van der Waals surface area contributed by atoms with Crippen molar-refractivity contribution in [2.75, 3.05) is 23.3 Å². The van der Waals surface area contributed by atoms with Gasteiger partial charge in [0.05, 0.1) is 6.54 Å². The molecule has 0 saturated carbocycles. The van der Waals surface area contributed by atoms with E-state index in [9.17, 15) is 24.3 Å². The molecule has 1 aliphatic rings. The Morgan fingerprint density at radius 1 is 1.10 bits per heavy atom. The maximum atomic E-state index is 12.8. The zero-order valence-corrected chi connectivity index (χ0v) is 21.4. The van der Waals surface area contributed by atoms with Crippen molar-refractivity contribution in [1.29, 1.82) is 0 Å². The first-order valence-electron chi connectivity index (χ1n) is 12.5. The van der Waals surface area contributed by atoms with Crippen LogP contribution in [0, 0.1) is 12.8 Å². The topological polar surface area (TPSA) is 156 Å². The quantitative estimate of drug-likeness (QED) is 0.374.